The van der Waals surface area contributed by atoms with E-state index >= 15 is 0 Å². The van der Waals surface area contributed by atoms with Crippen molar-refractivity contribution < 1.29 is 77.3 Å². The molecule has 0 saturated heterocycles. The number of phenolic OH excluding ortho intramolecular Hbond substituents is 1. The van der Waals surface area contributed by atoms with Crippen molar-refractivity contribution in [1.82, 2.24) is 58.4 Å². The van der Waals surface area contributed by atoms with E-state index in [1.165, 1.54) is 79.7 Å². The molecule has 0 fully saturated rings. The van der Waals surface area contributed by atoms with Crippen LogP contribution in [-0.2, 0) is 80.0 Å². The highest BCUT2D eigenvalue weighted by Gasteiger charge is 2.41. The molecule has 1 aromatic heterocycles. The molecule has 3 unspecified atom stereocenters. The van der Waals surface area contributed by atoms with Gasteiger partial charge in [0.2, 0.25) is 64.7 Å². The Labute approximate surface area is 584 Å². The molecule has 9 amide bonds. The molecule has 0 bridgehead atoms. The smallest absolute Gasteiger partial charge is 0.303 e. The van der Waals surface area contributed by atoms with Crippen LogP contribution in [0.25, 0.3) is 10.9 Å². The second-order valence-corrected chi connectivity index (χ2v) is 26.5. The maximum absolute atomic E-state index is 15.0. The zero-order valence-corrected chi connectivity index (χ0v) is 58.3. The minimum absolute atomic E-state index is 0. The summed E-state index contributed by atoms with van der Waals surface area (Å²) in [6, 6.07) is 1.52. The van der Waals surface area contributed by atoms with Gasteiger partial charge < -0.3 is 63.5 Å². The SMILES string of the molecule is C.CC(=O)C[C@]1(C)CCCCC#CC#CCCC[C@@](C)(C(=O)NC(C)C(=O)N[C@@H](C)C(=O)NC(C)C(=O)N[C@@H](C)C(=O)C(=O)[C@H](C)NN[C@H](C)C(N)=O)NC(=O)[C@H](CC(C)C)CCC(=O)[C@H](Cc2c[nH]c3ccccc23)NC(=O)C(Cc2ccc(O)cc2)NC(=O)[C@H](CCC(=O)O)NC1=O. The number of carbonyl (C=O) groups is 14. The lowest BCUT2D eigenvalue weighted by Crippen LogP contribution is -2.61. The van der Waals surface area contributed by atoms with Crippen LogP contribution in [0.3, 0.4) is 0 Å². The number of H-pyrrole nitrogens is 1. The van der Waals surface area contributed by atoms with Gasteiger partial charge in [-0.2, -0.15) is 0 Å². The van der Waals surface area contributed by atoms with Crippen molar-refractivity contribution in [3.63, 3.8) is 0 Å². The van der Waals surface area contributed by atoms with E-state index in [9.17, 15) is 77.3 Å². The third kappa shape index (κ3) is 27.1. The summed E-state index contributed by atoms with van der Waals surface area (Å²) < 4.78 is 0. The molecule has 546 valence electrons. The highest BCUT2D eigenvalue weighted by molar-refractivity contribution is 6.41. The van der Waals surface area contributed by atoms with Crippen LogP contribution in [0.5, 0.6) is 5.75 Å². The van der Waals surface area contributed by atoms with Gasteiger partial charge in [0, 0.05) is 68.0 Å². The van der Waals surface area contributed by atoms with Crippen molar-refractivity contribution in [1.29, 1.82) is 0 Å². The van der Waals surface area contributed by atoms with Crippen molar-refractivity contribution in [2.45, 2.75) is 240 Å². The monoisotopic (exact) mass is 1390 g/mol. The number of phenols is 1. The zero-order valence-electron chi connectivity index (χ0n) is 58.3. The number of Topliss-reactive ketones (excluding diaryl/α,β-unsaturated/α-hetero) is 4. The predicted molar refractivity (Wildman–Crippen MR) is 373 cm³/mol. The third-order valence-electron chi connectivity index (χ3n) is 17.1. The maximum Gasteiger partial charge on any atom is 0.303 e. The Kier molecular flexibility index (Phi) is 34.0. The van der Waals surface area contributed by atoms with E-state index in [0.29, 0.717) is 30.4 Å². The first-order chi connectivity index (χ1) is 46.5. The van der Waals surface area contributed by atoms with Gasteiger partial charge >= 0.3 is 5.97 Å². The normalized spacial score (nSPS) is 21.9. The molecular formula is C72H102N12O16. The molecule has 4 rings (SSSR count). The molecule has 1 aliphatic rings. The number of hydrogen-bond acceptors (Lipinski definition) is 17. The van der Waals surface area contributed by atoms with Crippen LogP contribution >= 0.6 is 0 Å². The first-order valence-electron chi connectivity index (χ1n) is 33.4. The molecule has 12 atom stereocenters. The van der Waals surface area contributed by atoms with Crippen molar-refractivity contribution in [3.8, 4) is 29.4 Å². The number of aromatic nitrogens is 1. The van der Waals surface area contributed by atoms with Gasteiger partial charge in [0.25, 0.3) is 0 Å². The fraction of sp³-hybridized carbons (Fsp3) is 0.556. The number of ketones is 4. The Bertz CT molecular complexity index is 3570. The number of para-hydroxylation sites is 1. The number of carboxylic acid groups (broad SMARTS) is 1. The molecule has 3 aromatic rings. The molecule has 28 heteroatoms. The summed E-state index contributed by atoms with van der Waals surface area (Å²) in [4.78, 5) is 193. The van der Waals surface area contributed by atoms with Crippen molar-refractivity contribution in [2.24, 2.45) is 23.0 Å². The number of benzene rings is 2. The predicted octanol–water partition coefficient (Wildman–Crippen LogP) is 2.75. The van der Waals surface area contributed by atoms with Gasteiger partial charge in [-0.25, -0.2) is 10.9 Å². The number of primary amides is 1. The standard InChI is InChI=1S/C71H98N12O16.CH4/c1-40(2)35-49-27-31-57(86)55(37-50-39-73-53-24-20-19-23-52(50)53)78-67(97)56(36-48-25-28-51(85)29-26-48)79-66(96)54(30-32-58(87)88)80-68(98)70(10,38-41(3)84)33-21-17-15-13-12-14-16-18-22-34-71(11,81-65(49)95)69(99)77-47(9)64(94)76-46(8)63(93)75-45(7)62(92)74-42(4)59(89)60(90)43(5)82-83-44(6)61(72)91;/h19-20,23-26,28-29,39-40,42-47,49,54-56,73,82-83,85H,15,17-18,21-22,27,30-38H2,1-11H3,(H2,72,91)(H,74,92)(H,75,93)(H,76,94)(H,77,99)(H,78,97)(H,79,96)(H,80,98)(H,81,95)(H,87,88);1H4/t42-,43-,44+,45?,46-,47?,49-,54-,55-,56?,70-,71-;/m0./s1. The topological polar surface area (TPSA) is 442 Å². The molecule has 0 radical (unpaired) electrons. The van der Waals surface area contributed by atoms with Crippen LogP contribution < -0.4 is 59.1 Å². The highest BCUT2D eigenvalue weighted by atomic mass is 16.4. The number of nitrogens with one attached hydrogen (secondary N) is 11. The number of aromatic amines is 1. The molecule has 15 N–H and O–H groups in total. The van der Waals surface area contributed by atoms with Crippen LogP contribution in [0.2, 0.25) is 0 Å². The van der Waals surface area contributed by atoms with E-state index in [-0.39, 0.29) is 89.1 Å². The number of aromatic hydroxyl groups is 1. The van der Waals surface area contributed by atoms with Crippen LogP contribution in [0.1, 0.15) is 178 Å². The number of nitrogens with two attached hydrogens (primary N) is 1. The zero-order chi connectivity index (χ0) is 73.9. The minimum Gasteiger partial charge on any atom is -0.508 e. The second kappa shape index (κ2) is 40.3. The van der Waals surface area contributed by atoms with E-state index in [2.05, 4.69) is 82.1 Å². The van der Waals surface area contributed by atoms with Crippen molar-refractivity contribution in [3.05, 3.63) is 65.9 Å². The minimum atomic E-state index is -1.74. The number of hydrogen-bond donors (Lipinski definition) is 14. The summed E-state index contributed by atoms with van der Waals surface area (Å²) in [5.74, 6) is -0.751. The second-order valence-electron chi connectivity index (χ2n) is 26.5. The van der Waals surface area contributed by atoms with Gasteiger partial charge in [0.15, 0.2) is 5.78 Å². The Morgan fingerprint density at radius 2 is 1.19 bits per heavy atom. The van der Waals surface area contributed by atoms with Gasteiger partial charge in [0.05, 0.1) is 29.6 Å². The molecule has 2 heterocycles. The number of aliphatic carboxylic acids is 1. The number of amides is 9. The summed E-state index contributed by atoms with van der Waals surface area (Å²) >= 11 is 0. The van der Waals surface area contributed by atoms with Crippen LogP contribution in [-0.4, -0.2) is 157 Å². The first-order valence-corrected chi connectivity index (χ1v) is 33.4. The fourth-order valence-electron chi connectivity index (χ4n) is 11.0. The molecule has 0 spiro atoms. The van der Waals surface area contributed by atoms with Gasteiger partial charge in [-0.05, 0) is 147 Å². The molecule has 1 aliphatic heterocycles. The van der Waals surface area contributed by atoms with Gasteiger partial charge in [0.1, 0.15) is 47.3 Å². The molecule has 100 heavy (non-hydrogen) atoms. The largest absolute Gasteiger partial charge is 0.508 e. The highest BCUT2D eigenvalue weighted by Crippen LogP contribution is 2.31. The van der Waals surface area contributed by atoms with Gasteiger partial charge in [-0.1, -0.05) is 76.8 Å². The summed E-state index contributed by atoms with van der Waals surface area (Å²) in [7, 11) is 0. The number of hydrazine groups is 1. The van der Waals surface area contributed by atoms with Gasteiger partial charge in [-0.15, -0.1) is 0 Å². The molecular weight excluding hydrogens is 1290 g/mol. The van der Waals surface area contributed by atoms with Crippen LogP contribution in [0.4, 0.5) is 0 Å². The van der Waals surface area contributed by atoms with Crippen LogP contribution in [0.15, 0.2) is 54.7 Å². The van der Waals surface area contributed by atoms with Gasteiger partial charge in [-0.3, -0.25) is 67.1 Å². The van der Waals surface area contributed by atoms with E-state index in [1.54, 1.807) is 19.2 Å². The lowest BCUT2D eigenvalue weighted by atomic mass is 9.79. The Morgan fingerprint density at radius 1 is 0.640 bits per heavy atom. The Balaban J connectivity index is 0.0000260. The lowest BCUT2D eigenvalue weighted by Gasteiger charge is -2.33. The number of fused-ring (bicyclic) bond motifs is 1. The first kappa shape index (κ1) is 84.4. The average Bonchev–Trinajstić information content (AvgIpc) is 1.49. The van der Waals surface area contributed by atoms with Crippen molar-refractivity contribution >= 4 is 93.2 Å². The van der Waals surface area contributed by atoms with E-state index in [1.807, 2.05) is 32.0 Å². The summed E-state index contributed by atoms with van der Waals surface area (Å²) in [5, 5.41) is 41.8. The lowest BCUT2D eigenvalue weighted by molar-refractivity contribution is -0.140. The fourth-order valence-corrected chi connectivity index (χ4v) is 11.0. The van der Waals surface area contributed by atoms with Crippen LogP contribution in [0, 0.1) is 40.9 Å². The van der Waals surface area contributed by atoms with Crippen molar-refractivity contribution in [2.75, 3.05) is 0 Å². The Morgan fingerprint density at radius 3 is 1.78 bits per heavy atom. The van der Waals surface area contributed by atoms with E-state index < -0.39 is 161 Å². The molecule has 0 aliphatic carbocycles. The Hall–Kier alpha value is -9.80. The summed E-state index contributed by atoms with van der Waals surface area (Å²) in [6.07, 6.45) is 1.81. The molecule has 0 saturated carbocycles. The van der Waals surface area contributed by atoms with E-state index in [0.717, 1.165) is 10.9 Å². The maximum atomic E-state index is 15.0. The van der Waals surface area contributed by atoms with E-state index in [4.69, 9.17) is 5.73 Å². The summed E-state index contributed by atoms with van der Waals surface area (Å²) in [6.45, 7) is 16.1. The third-order valence-corrected chi connectivity index (χ3v) is 17.1. The average molecular weight is 1390 g/mol. The quantitative estimate of drug-likeness (QED) is 0.0312. The summed E-state index contributed by atoms with van der Waals surface area (Å²) in [5.41, 5.74) is 8.95. The molecule has 2 aromatic carbocycles. The number of rotatable bonds is 26. The molecule has 28 nitrogen and oxygen atoms in total. The number of carbonyl (C=O) groups excluding carboxylic acids is 13. The number of carboxylic acids is 1.